The maximum atomic E-state index is 3.65. The second-order valence-electron chi connectivity index (χ2n) is 6.03. The number of hydrogen-bond acceptors (Lipinski definition) is 2. The molecule has 3 atom stereocenters. The summed E-state index contributed by atoms with van der Waals surface area (Å²) in [6.45, 7) is 10.4. The monoisotopic (exact) mass is 213 g/mol. The highest BCUT2D eigenvalue weighted by atomic mass is 32.2. The Hall–Kier alpha value is 0.310. The molecule has 1 saturated heterocycles. The number of thioether (sulfide) groups is 1. The highest BCUT2D eigenvalue weighted by Gasteiger charge is 2.59. The first-order valence-electron chi connectivity index (χ1n) is 5.81. The molecule has 2 rings (SSSR count). The lowest BCUT2D eigenvalue weighted by molar-refractivity contribution is 0.377. The summed E-state index contributed by atoms with van der Waals surface area (Å²) in [5.74, 6) is 2.36. The summed E-state index contributed by atoms with van der Waals surface area (Å²) in [6.07, 6.45) is 2.94. The molecule has 1 nitrogen and oxygen atoms in total. The second kappa shape index (κ2) is 3.41. The predicted molar refractivity (Wildman–Crippen MR) is 64.8 cm³/mol. The summed E-state index contributed by atoms with van der Waals surface area (Å²) in [5, 5.41) is 4.56. The molecule has 0 aromatic rings. The molecule has 1 heterocycles. The summed E-state index contributed by atoms with van der Waals surface area (Å²) in [5.41, 5.74) is 1.03. The van der Waals surface area contributed by atoms with Gasteiger partial charge in [-0.15, -0.1) is 0 Å². The van der Waals surface area contributed by atoms with Gasteiger partial charge in [-0.2, -0.15) is 11.8 Å². The molecule has 3 unspecified atom stereocenters. The second-order valence-corrected chi connectivity index (χ2v) is 7.48. The Bertz CT molecular complexity index is 221. The summed E-state index contributed by atoms with van der Waals surface area (Å²) in [4.78, 5) is 0. The highest BCUT2D eigenvalue weighted by Crippen LogP contribution is 2.64. The van der Waals surface area contributed by atoms with Crippen molar-refractivity contribution in [3.05, 3.63) is 0 Å². The lowest BCUT2D eigenvalue weighted by atomic mass is 9.96. The molecular weight excluding hydrogens is 190 g/mol. The third-order valence-electron chi connectivity index (χ3n) is 3.90. The van der Waals surface area contributed by atoms with Gasteiger partial charge in [0.15, 0.2) is 0 Å². The van der Waals surface area contributed by atoms with Crippen LogP contribution in [0.2, 0.25) is 0 Å². The van der Waals surface area contributed by atoms with Crippen LogP contribution in [0.3, 0.4) is 0 Å². The van der Waals surface area contributed by atoms with Crippen LogP contribution in [0.4, 0.5) is 0 Å². The van der Waals surface area contributed by atoms with Gasteiger partial charge < -0.3 is 5.32 Å². The summed E-state index contributed by atoms with van der Waals surface area (Å²) in [6, 6.07) is 0. The molecule has 0 aromatic heterocycles. The normalized spacial score (nSPS) is 42.0. The van der Waals surface area contributed by atoms with Gasteiger partial charge in [-0.25, -0.2) is 0 Å². The molecule has 0 amide bonds. The minimum absolute atomic E-state index is 0.290. The number of nitrogens with one attached hydrogen (secondary N) is 1. The molecule has 82 valence electrons. The van der Waals surface area contributed by atoms with Crippen LogP contribution >= 0.6 is 11.8 Å². The van der Waals surface area contributed by atoms with Gasteiger partial charge in [-0.05, 0) is 57.2 Å². The van der Waals surface area contributed by atoms with E-state index in [4.69, 9.17) is 0 Å². The maximum absolute atomic E-state index is 3.65. The molecule has 0 radical (unpaired) electrons. The Kier molecular flexibility index (Phi) is 2.64. The van der Waals surface area contributed by atoms with Gasteiger partial charge in [0.05, 0.1) is 0 Å². The van der Waals surface area contributed by atoms with Gasteiger partial charge in [-0.3, -0.25) is 0 Å². The third kappa shape index (κ3) is 1.96. The molecule has 2 fully saturated rings. The first kappa shape index (κ1) is 10.8. The van der Waals surface area contributed by atoms with Gasteiger partial charge in [-0.1, -0.05) is 6.92 Å². The van der Waals surface area contributed by atoms with E-state index in [2.05, 4.69) is 44.8 Å². The molecule has 0 bridgehead atoms. The van der Waals surface area contributed by atoms with Crippen LogP contribution in [0.25, 0.3) is 0 Å². The topological polar surface area (TPSA) is 12.0 Å². The Morgan fingerprint density at radius 2 is 2.14 bits per heavy atom. The minimum atomic E-state index is 0.290. The molecule has 2 aliphatic rings. The first-order chi connectivity index (χ1) is 6.44. The zero-order valence-corrected chi connectivity index (χ0v) is 10.7. The van der Waals surface area contributed by atoms with Crippen molar-refractivity contribution < 1.29 is 0 Å². The van der Waals surface area contributed by atoms with E-state index in [0.29, 0.717) is 5.54 Å². The van der Waals surface area contributed by atoms with Crippen molar-refractivity contribution in [1.82, 2.24) is 5.32 Å². The van der Waals surface area contributed by atoms with E-state index in [-0.39, 0.29) is 0 Å². The molecule has 1 N–H and O–H groups in total. The molecule has 2 heteroatoms. The summed E-state index contributed by atoms with van der Waals surface area (Å²) in [7, 11) is 0. The Labute approximate surface area is 92.4 Å². The average molecular weight is 213 g/mol. The van der Waals surface area contributed by atoms with E-state index in [9.17, 15) is 0 Å². The minimum Gasteiger partial charge on any atom is -0.312 e. The van der Waals surface area contributed by atoms with E-state index in [1.54, 1.807) is 0 Å². The SMILES string of the molecule is CC1SCCC12CC2CNC(C)(C)C. The number of rotatable bonds is 2. The van der Waals surface area contributed by atoms with Crippen LogP contribution in [-0.2, 0) is 0 Å². The Balaban J connectivity index is 1.81. The molecule has 1 aliphatic carbocycles. The van der Waals surface area contributed by atoms with Crippen molar-refractivity contribution in [2.75, 3.05) is 12.3 Å². The zero-order valence-electron chi connectivity index (χ0n) is 9.89. The van der Waals surface area contributed by atoms with Crippen LogP contribution in [0.1, 0.15) is 40.5 Å². The molecule has 1 aliphatic heterocycles. The van der Waals surface area contributed by atoms with E-state index >= 15 is 0 Å². The largest absolute Gasteiger partial charge is 0.312 e. The third-order valence-corrected chi connectivity index (χ3v) is 5.31. The Morgan fingerprint density at radius 3 is 2.64 bits per heavy atom. The van der Waals surface area contributed by atoms with E-state index in [1.807, 2.05) is 0 Å². The first-order valence-corrected chi connectivity index (χ1v) is 6.85. The van der Waals surface area contributed by atoms with Gasteiger partial charge in [0.25, 0.3) is 0 Å². The standard InChI is InChI=1S/C12H23NS/c1-9-12(5-6-14-9)7-10(12)8-13-11(2,3)4/h9-10,13H,5-8H2,1-4H3. The van der Waals surface area contributed by atoms with Crippen LogP contribution < -0.4 is 5.32 Å². The maximum Gasteiger partial charge on any atom is 0.00966 e. The fraction of sp³-hybridized carbons (Fsp3) is 1.00. The number of hydrogen-bond donors (Lipinski definition) is 1. The van der Waals surface area contributed by atoms with E-state index in [0.717, 1.165) is 16.6 Å². The van der Waals surface area contributed by atoms with Crippen molar-refractivity contribution in [3.63, 3.8) is 0 Å². The van der Waals surface area contributed by atoms with Crippen molar-refractivity contribution >= 4 is 11.8 Å². The molecule has 1 saturated carbocycles. The summed E-state index contributed by atoms with van der Waals surface area (Å²) < 4.78 is 0. The van der Waals surface area contributed by atoms with Gasteiger partial charge in [0.1, 0.15) is 0 Å². The molecule has 1 spiro atoms. The van der Waals surface area contributed by atoms with Crippen LogP contribution in [-0.4, -0.2) is 23.1 Å². The quantitative estimate of drug-likeness (QED) is 0.757. The smallest absolute Gasteiger partial charge is 0.00966 e. The van der Waals surface area contributed by atoms with Gasteiger partial charge in [0.2, 0.25) is 0 Å². The summed E-state index contributed by atoms with van der Waals surface area (Å²) >= 11 is 2.18. The van der Waals surface area contributed by atoms with Crippen molar-refractivity contribution in [2.24, 2.45) is 11.3 Å². The molecular formula is C12H23NS. The highest BCUT2D eigenvalue weighted by molar-refractivity contribution is 8.00. The average Bonchev–Trinajstić information content (AvgIpc) is 2.63. The molecule has 14 heavy (non-hydrogen) atoms. The van der Waals surface area contributed by atoms with Crippen molar-refractivity contribution in [2.45, 2.75) is 51.3 Å². The van der Waals surface area contributed by atoms with Crippen LogP contribution in [0, 0.1) is 11.3 Å². The van der Waals surface area contributed by atoms with Crippen LogP contribution in [0.15, 0.2) is 0 Å². The van der Waals surface area contributed by atoms with Gasteiger partial charge in [0, 0.05) is 10.8 Å². The van der Waals surface area contributed by atoms with Crippen LogP contribution in [0.5, 0.6) is 0 Å². The van der Waals surface area contributed by atoms with Crippen molar-refractivity contribution in [3.8, 4) is 0 Å². The predicted octanol–water partition coefficient (Wildman–Crippen LogP) is 2.91. The van der Waals surface area contributed by atoms with Crippen molar-refractivity contribution in [1.29, 1.82) is 0 Å². The lowest BCUT2D eigenvalue weighted by Gasteiger charge is -2.22. The molecule has 0 aromatic carbocycles. The zero-order chi connectivity index (χ0) is 10.4. The van der Waals surface area contributed by atoms with E-state index < -0.39 is 0 Å². The Morgan fingerprint density at radius 1 is 1.43 bits per heavy atom. The van der Waals surface area contributed by atoms with E-state index in [1.165, 1.54) is 25.1 Å². The van der Waals surface area contributed by atoms with Gasteiger partial charge >= 0.3 is 0 Å². The lowest BCUT2D eigenvalue weighted by Crippen LogP contribution is -2.38. The fourth-order valence-electron chi connectivity index (χ4n) is 2.70. The fourth-order valence-corrected chi connectivity index (χ4v) is 4.29.